The van der Waals surface area contributed by atoms with E-state index in [-0.39, 0.29) is 0 Å². The highest BCUT2D eigenvalue weighted by Crippen LogP contribution is 2.23. The first kappa shape index (κ1) is 13.1. The van der Waals surface area contributed by atoms with Gasteiger partial charge in [0, 0.05) is 31.1 Å². The van der Waals surface area contributed by atoms with Crippen LogP contribution in [0.3, 0.4) is 0 Å². The second-order valence-electron chi connectivity index (χ2n) is 5.31. The van der Waals surface area contributed by atoms with E-state index in [0.29, 0.717) is 24.7 Å². The monoisotopic (exact) mass is 245 g/mol. The molecule has 1 aromatic carbocycles. The molecular weight excluding hydrogens is 222 g/mol. The lowest BCUT2D eigenvalue weighted by Crippen LogP contribution is -2.41. The van der Waals surface area contributed by atoms with E-state index in [1.54, 1.807) is 0 Å². The first-order chi connectivity index (χ1) is 8.70. The van der Waals surface area contributed by atoms with Crippen molar-refractivity contribution in [3.8, 4) is 0 Å². The van der Waals surface area contributed by atoms with Crippen molar-refractivity contribution < 1.29 is 4.79 Å². The van der Waals surface area contributed by atoms with Crippen LogP contribution in [0.25, 0.3) is 0 Å². The number of piperidine rings is 1. The Kier molecular flexibility index (Phi) is 4.40. The van der Waals surface area contributed by atoms with E-state index in [4.69, 9.17) is 0 Å². The Balaban J connectivity index is 2.02. The number of carbonyl (C=O) groups excluding carboxylic acids is 1. The third kappa shape index (κ3) is 3.12. The summed E-state index contributed by atoms with van der Waals surface area (Å²) in [4.78, 5) is 13.7. The molecule has 18 heavy (non-hydrogen) atoms. The fraction of sp³-hybridized carbons (Fsp3) is 0.562. The summed E-state index contributed by atoms with van der Waals surface area (Å²) in [5.74, 6) is 0.401. The molecule has 2 rings (SSSR count). The maximum atomic E-state index is 11.4. The van der Waals surface area contributed by atoms with Gasteiger partial charge in [-0.15, -0.1) is 0 Å². The van der Waals surface area contributed by atoms with Crippen LogP contribution in [-0.4, -0.2) is 18.4 Å². The van der Waals surface area contributed by atoms with Gasteiger partial charge < -0.3 is 4.90 Å². The lowest BCUT2D eigenvalue weighted by atomic mass is 10.0. The zero-order chi connectivity index (χ0) is 13.0. The highest BCUT2D eigenvalue weighted by molar-refractivity contribution is 5.81. The molecule has 1 atom stereocenters. The average Bonchev–Trinajstić information content (AvgIpc) is 2.37. The molecule has 0 spiro atoms. The van der Waals surface area contributed by atoms with Crippen LogP contribution in [0.1, 0.15) is 45.1 Å². The highest BCUT2D eigenvalue weighted by Gasteiger charge is 2.23. The molecule has 2 nitrogen and oxygen atoms in total. The molecule has 2 heteroatoms. The summed E-state index contributed by atoms with van der Waals surface area (Å²) in [7, 11) is 0. The second kappa shape index (κ2) is 6.03. The topological polar surface area (TPSA) is 20.3 Å². The Morgan fingerprint density at radius 3 is 2.61 bits per heavy atom. The van der Waals surface area contributed by atoms with Crippen LogP contribution in [0.4, 0.5) is 5.69 Å². The third-order valence-electron chi connectivity index (χ3n) is 3.77. The van der Waals surface area contributed by atoms with E-state index < -0.39 is 0 Å². The van der Waals surface area contributed by atoms with Crippen molar-refractivity contribution in [2.75, 3.05) is 11.4 Å². The van der Waals surface area contributed by atoms with E-state index in [2.05, 4.69) is 43.0 Å². The maximum absolute atomic E-state index is 11.4. The molecule has 0 radical (unpaired) electrons. The van der Waals surface area contributed by atoms with Crippen LogP contribution in [0.15, 0.2) is 24.3 Å². The Morgan fingerprint density at radius 2 is 2.00 bits per heavy atom. The number of anilines is 1. The number of hydrogen-bond acceptors (Lipinski definition) is 2. The molecule has 1 aromatic rings. The van der Waals surface area contributed by atoms with E-state index in [0.717, 1.165) is 6.54 Å². The molecular formula is C16H23NO. The highest BCUT2D eigenvalue weighted by atomic mass is 16.1. The Morgan fingerprint density at radius 1 is 1.28 bits per heavy atom. The molecule has 1 fully saturated rings. The predicted octanol–water partition coefficient (Wildman–Crippen LogP) is 3.59. The number of benzene rings is 1. The van der Waals surface area contributed by atoms with Gasteiger partial charge in [-0.05, 0) is 37.5 Å². The number of hydrogen-bond donors (Lipinski definition) is 0. The first-order valence-electron chi connectivity index (χ1n) is 7.08. The Bertz CT molecular complexity index is 396. The summed E-state index contributed by atoms with van der Waals surface area (Å²) in [5, 5.41) is 0. The van der Waals surface area contributed by atoms with Crippen LogP contribution in [0.5, 0.6) is 0 Å². The minimum Gasteiger partial charge on any atom is -0.368 e. The standard InChI is InChI=1S/C16H23NO/c1-3-4-5-14-6-8-15(9-7-14)17-11-10-16(18)12-13(17)2/h6-9,13H,3-5,10-12H2,1-2H3. The van der Waals surface area contributed by atoms with Gasteiger partial charge in [0.25, 0.3) is 0 Å². The molecule has 0 aliphatic carbocycles. The first-order valence-corrected chi connectivity index (χ1v) is 7.08. The average molecular weight is 245 g/mol. The van der Waals surface area contributed by atoms with Crippen LogP contribution in [0.2, 0.25) is 0 Å². The molecule has 1 heterocycles. The van der Waals surface area contributed by atoms with Crippen molar-refractivity contribution in [1.82, 2.24) is 0 Å². The second-order valence-corrected chi connectivity index (χ2v) is 5.31. The number of unbranched alkanes of at least 4 members (excludes halogenated alkanes) is 1. The fourth-order valence-electron chi connectivity index (χ4n) is 2.63. The van der Waals surface area contributed by atoms with E-state index in [1.807, 2.05) is 0 Å². The van der Waals surface area contributed by atoms with Gasteiger partial charge in [-0.2, -0.15) is 0 Å². The summed E-state index contributed by atoms with van der Waals surface area (Å²) >= 11 is 0. The summed E-state index contributed by atoms with van der Waals surface area (Å²) in [5.41, 5.74) is 2.68. The van der Waals surface area contributed by atoms with Crippen molar-refractivity contribution in [2.24, 2.45) is 0 Å². The predicted molar refractivity (Wildman–Crippen MR) is 76.1 cm³/mol. The Labute approximate surface area is 110 Å². The number of carbonyl (C=O) groups is 1. The molecule has 1 aliphatic rings. The fourth-order valence-corrected chi connectivity index (χ4v) is 2.63. The van der Waals surface area contributed by atoms with Gasteiger partial charge in [0.1, 0.15) is 5.78 Å². The van der Waals surface area contributed by atoms with Gasteiger partial charge in [0.05, 0.1) is 0 Å². The van der Waals surface area contributed by atoms with E-state index >= 15 is 0 Å². The van der Waals surface area contributed by atoms with Crippen LogP contribution < -0.4 is 4.90 Å². The zero-order valence-electron chi connectivity index (χ0n) is 11.5. The molecule has 0 aromatic heterocycles. The molecule has 98 valence electrons. The summed E-state index contributed by atoms with van der Waals surface area (Å²) in [6.45, 7) is 5.23. The molecule has 1 aliphatic heterocycles. The van der Waals surface area contributed by atoms with Crippen molar-refractivity contribution >= 4 is 11.5 Å². The minimum atomic E-state index is 0.341. The summed E-state index contributed by atoms with van der Waals surface area (Å²) < 4.78 is 0. The number of rotatable bonds is 4. The molecule has 0 N–H and O–H groups in total. The zero-order valence-corrected chi connectivity index (χ0v) is 11.5. The van der Waals surface area contributed by atoms with Gasteiger partial charge in [-0.1, -0.05) is 25.5 Å². The van der Waals surface area contributed by atoms with Gasteiger partial charge in [-0.25, -0.2) is 0 Å². The van der Waals surface area contributed by atoms with Gasteiger partial charge in [0.2, 0.25) is 0 Å². The number of Topliss-reactive ketones (excluding diaryl/α,β-unsaturated/α-hetero) is 1. The lowest BCUT2D eigenvalue weighted by Gasteiger charge is -2.34. The number of nitrogens with zero attached hydrogens (tertiary/aromatic N) is 1. The lowest BCUT2D eigenvalue weighted by molar-refractivity contribution is -0.120. The molecule has 0 saturated carbocycles. The van der Waals surface area contributed by atoms with Gasteiger partial charge in [-0.3, -0.25) is 4.79 Å². The van der Waals surface area contributed by atoms with E-state index in [1.165, 1.54) is 30.5 Å². The van der Waals surface area contributed by atoms with Crippen LogP contribution in [0, 0.1) is 0 Å². The minimum absolute atomic E-state index is 0.341. The normalized spacial score (nSPS) is 20.2. The van der Waals surface area contributed by atoms with Crippen molar-refractivity contribution in [3.05, 3.63) is 29.8 Å². The smallest absolute Gasteiger partial charge is 0.136 e. The third-order valence-corrected chi connectivity index (χ3v) is 3.77. The van der Waals surface area contributed by atoms with Gasteiger partial charge >= 0.3 is 0 Å². The number of ketones is 1. The van der Waals surface area contributed by atoms with Crippen molar-refractivity contribution in [1.29, 1.82) is 0 Å². The Hall–Kier alpha value is -1.31. The number of aryl methyl sites for hydroxylation is 1. The van der Waals surface area contributed by atoms with Crippen molar-refractivity contribution in [3.63, 3.8) is 0 Å². The summed E-state index contributed by atoms with van der Waals surface area (Å²) in [6, 6.07) is 9.21. The maximum Gasteiger partial charge on any atom is 0.136 e. The molecule has 0 bridgehead atoms. The molecule has 0 amide bonds. The van der Waals surface area contributed by atoms with Crippen molar-refractivity contribution in [2.45, 2.75) is 52.0 Å². The quantitative estimate of drug-likeness (QED) is 0.808. The molecule has 1 saturated heterocycles. The van der Waals surface area contributed by atoms with Crippen LogP contribution in [-0.2, 0) is 11.2 Å². The van der Waals surface area contributed by atoms with Crippen LogP contribution >= 0.6 is 0 Å². The largest absolute Gasteiger partial charge is 0.368 e. The summed E-state index contributed by atoms with van der Waals surface area (Å²) in [6.07, 6.45) is 5.06. The van der Waals surface area contributed by atoms with Gasteiger partial charge in [0.15, 0.2) is 0 Å². The molecule has 1 unspecified atom stereocenters. The van der Waals surface area contributed by atoms with E-state index in [9.17, 15) is 4.79 Å². The SMILES string of the molecule is CCCCc1ccc(N2CCC(=O)CC2C)cc1.